The Morgan fingerprint density at radius 1 is 0.935 bits per heavy atom. The molecule has 0 atom stereocenters. The van der Waals surface area contributed by atoms with Gasteiger partial charge in [-0.25, -0.2) is 4.98 Å². The van der Waals surface area contributed by atoms with Crippen molar-refractivity contribution in [2.75, 3.05) is 0 Å². The third kappa shape index (κ3) is 4.27. The van der Waals surface area contributed by atoms with E-state index in [1.54, 1.807) is 25.1 Å². The molecule has 4 rings (SSSR count). The Bertz CT molecular complexity index is 1390. The highest BCUT2D eigenvalue weighted by Crippen LogP contribution is 2.35. The van der Waals surface area contributed by atoms with Crippen LogP contribution in [0.3, 0.4) is 0 Å². The van der Waals surface area contributed by atoms with Crippen LogP contribution in [0.25, 0.3) is 22.6 Å². The Labute approximate surface area is 176 Å². The Balaban J connectivity index is 1.77. The van der Waals surface area contributed by atoms with Crippen molar-refractivity contribution in [1.29, 1.82) is 0 Å². The topological polar surface area (TPSA) is 69.4 Å². The number of halogens is 3. The molecular weight excluding hydrogens is 431 g/mol. The summed E-state index contributed by atoms with van der Waals surface area (Å²) in [5, 5.41) is 0. The maximum atomic E-state index is 13.0. The van der Waals surface area contributed by atoms with Gasteiger partial charge in [-0.3, -0.25) is 0 Å². The van der Waals surface area contributed by atoms with Gasteiger partial charge in [0.25, 0.3) is 0 Å². The number of hydrogen-bond donors (Lipinski definition) is 0. The Kier molecular flexibility index (Phi) is 5.01. The quantitative estimate of drug-likeness (QED) is 0.365. The number of alkyl halides is 3. The number of benzene rings is 3. The first-order chi connectivity index (χ1) is 14.5. The zero-order chi connectivity index (χ0) is 22.4. The second-order valence-corrected chi connectivity index (χ2v) is 8.60. The average Bonchev–Trinajstić information content (AvgIpc) is 3.11. The minimum atomic E-state index is -4.68. The number of fused-ring (bicyclic) bond motifs is 1. The van der Waals surface area contributed by atoms with Gasteiger partial charge in [-0.1, -0.05) is 23.8 Å². The highest BCUT2D eigenvalue weighted by Gasteiger charge is 2.32. The molecule has 160 valence electrons. The van der Waals surface area contributed by atoms with Gasteiger partial charge in [0.15, 0.2) is 11.3 Å². The number of nitrogens with zero attached hydrogens (tertiary/aromatic N) is 1. The lowest BCUT2D eigenvalue weighted by Crippen LogP contribution is -2.12. The van der Waals surface area contributed by atoms with E-state index < -0.39 is 26.8 Å². The molecule has 0 aliphatic rings. The molecule has 0 bridgehead atoms. The highest BCUT2D eigenvalue weighted by atomic mass is 32.2. The van der Waals surface area contributed by atoms with Gasteiger partial charge in [0.2, 0.25) is 5.89 Å². The lowest BCUT2D eigenvalue weighted by Gasteiger charge is -2.12. The van der Waals surface area contributed by atoms with Crippen LogP contribution in [0.4, 0.5) is 13.2 Å². The predicted octanol–water partition coefficient (Wildman–Crippen LogP) is 5.90. The zero-order valence-corrected chi connectivity index (χ0v) is 17.2. The summed E-state index contributed by atoms with van der Waals surface area (Å²) in [4.78, 5) is 3.80. The van der Waals surface area contributed by atoms with Crippen LogP contribution in [0.2, 0.25) is 0 Å². The van der Waals surface area contributed by atoms with Crippen molar-refractivity contribution in [1.82, 2.24) is 4.98 Å². The van der Waals surface area contributed by atoms with Crippen molar-refractivity contribution in [3.05, 3.63) is 77.4 Å². The molecule has 31 heavy (non-hydrogen) atoms. The van der Waals surface area contributed by atoms with E-state index in [9.17, 15) is 21.6 Å². The van der Waals surface area contributed by atoms with Crippen LogP contribution in [0.5, 0.6) is 5.75 Å². The first kappa shape index (κ1) is 20.9. The number of hydrogen-bond acceptors (Lipinski definition) is 5. The molecule has 4 aromatic rings. The van der Waals surface area contributed by atoms with E-state index in [0.29, 0.717) is 17.2 Å². The highest BCUT2D eigenvalue weighted by molar-refractivity contribution is 7.87. The van der Waals surface area contributed by atoms with Gasteiger partial charge in [0, 0.05) is 0 Å². The van der Waals surface area contributed by atoms with Gasteiger partial charge in [-0.15, -0.1) is 0 Å². The van der Waals surface area contributed by atoms with E-state index in [4.69, 9.17) is 8.60 Å². The summed E-state index contributed by atoms with van der Waals surface area (Å²) in [5.74, 6) is 0.0323. The molecule has 5 nitrogen and oxygen atoms in total. The van der Waals surface area contributed by atoms with Crippen LogP contribution in [-0.4, -0.2) is 13.4 Å². The molecule has 0 radical (unpaired) electrons. The molecule has 1 heterocycles. The monoisotopic (exact) mass is 447 g/mol. The molecule has 0 N–H and O–H groups in total. The van der Waals surface area contributed by atoms with Crippen molar-refractivity contribution < 1.29 is 30.2 Å². The fourth-order valence-corrected chi connectivity index (χ4v) is 4.03. The van der Waals surface area contributed by atoms with Crippen LogP contribution in [0.1, 0.15) is 16.7 Å². The molecule has 3 aromatic carbocycles. The van der Waals surface area contributed by atoms with Gasteiger partial charge in [-0.2, -0.15) is 21.6 Å². The first-order valence-electron chi connectivity index (χ1n) is 9.13. The number of aromatic nitrogens is 1. The summed E-state index contributed by atoms with van der Waals surface area (Å²) in [5.41, 5.74) is 2.04. The average molecular weight is 447 g/mol. The lowest BCUT2D eigenvalue weighted by atomic mass is 10.1. The third-order valence-electron chi connectivity index (χ3n) is 4.56. The van der Waals surface area contributed by atoms with Crippen LogP contribution in [-0.2, 0) is 16.3 Å². The van der Waals surface area contributed by atoms with E-state index >= 15 is 0 Å². The van der Waals surface area contributed by atoms with Gasteiger partial charge < -0.3 is 8.60 Å². The van der Waals surface area contributed by atoms with Gasteiger partial charge in [0.1, 0.15) is 10.4 Å². The van der Waals surface area contributed by atoms with E-state index in [0.717, 1.165) is 29.3 Å². The van der Waals surface area contributed by atoms with E-state index in [2.05, 4.69) is 4.98 Å². The minimum Gasteiger partial charge on any atom is -0.436 e. The second-order valence-electron chi connectivity index (χ2n) is 7.05. The molecule has 9 heteroatoms. The maximum absolute atomic E-state index is 13.0. The number of oxazole rings is 1. The standard InChI is InChI=1S/C22H16F3NO4S/c1-13-6-8-19(17(10-13)21-26-18-11-14(2)7-9-20(18)29-21)30-31(27,28)16-5-3-4-15(12-16)22(23,24)25/h3-12H,1-2H3. The van der Waals surface area contributed by atoms with Gasteiger partial charge in [0.05, 0.1) is 11.1 Å². The van der Waals surface area contributed by atoms with Crippen LogP contribution >= 0.6 is 0 Å². The summed E-state index contributed by atoms with van der Waals surface area (Å²) >= 11 is 0. The molecule has 0 saturated carbocycles. The molecule has 0 unspecified atom stereocenters. The van der Waals surface area contributed by atoms with E-state index in [-0.39, 0.29) is 17.2 Å². The summed E-state index contributed by atoms with van der Waals surface area (Å²) in [7, 11) is -4.55. The fraction of sp³-hybridized carbons (Fsp3) is 0.136. The summed E-state index contributed by atoms with van der Waals surface area (Å²) in [6, 6.07) is 13.5. The minimum absolute atomic E-state index is 0.105. The van der Waals surface area contributed by atoms with E-state index in [1.807, 2.05) is 19.1 Å². The molecule has 0 saturated heterocycles. The fourth-order valence-electron chi connectivity index (χ4n) is 3.03. The summed E-state index contributed by atoms with van der Waals surface area (Å²) in [6.45, 7) is 3.69. The van der Waals surface area contributed by atoms with Crippen LogP contribution in [0.15, 0.2) is 70.0 Å². The molecule has 0 aliphatic carbocycles. The van der Waals surface area contributed by atoms with Crippen molar-refractivity contribution in [3.8, 4) is 17.2 Å². The van der Waals surface area contributed by atoms with Crippen molar-refractivity contribution in [2.45, 2.75) is 24.9 Å². The third-order valence-corrected chi connectivity index (χ3v) is 5.79. The SMILES string of the molecule is Cc1ccc(OS(=O)(=O)c2cccc(C(F)(F)F)c2)c(-c2nc3cc(C)ccc3o2)c1. The van der Waals surface area contributed by atoms with Crippen molar-refractivity contribution in [3.63, 3.8) is 0 Å². The van der Waals surface area contributed by atoms with Crippen LogP contribution < -0.4 is 4.18 Å². The number of aryl methyl sites for hydroxylation is 2. The van der Waals surface area contributed by atoms with Crippen molar-refractivity contribution >= 4 is 21.2 Å². The van der Waals surface area contributed by atoms with Crippen molar-refractivity contribution in [2.24, 2.45) is 0 Å². The molecule has 0 amide bonds. The smallest absolute Gasteiger partial charge is 0.416 e. The molecule has 1 aromatic heterocycles. The van der Waals surface area contributed by atoms with E-state index in [1.165, 1.54) is 6.07 Å². The molecule has 0 aliphatic heterocycles. The first-order valence-corrected chi connectivity index (χ1v) is 10.5. The van der Waals surface area contributed by atoms with Gasteiger partial charge in [-0.05, 0) is 61.9 Å². The Morgan fingerprint density at radius 2 is 1.65 bits per heavy atom. The molecule has 0 spiro atoms. The summed E-state index contributed by atoms with van der Waals surface area (Å²) in [6.07, 6.45) is -4.68. The largest absolute Gasteiger partial charge is 0.436 e. The van der Waals surface area contributed by atoms with Crippen LogP contribution in [0, 0.1) is 13.8 Å². The Morgan fingerprint density at radius 3 is 2.39 bits per heavy atom. The van der Waals surface area contributed by atoms with Gasteiger partial charge >= 0.3 is 16.3 Å². The predicted molar refractivity (Wildman–Crippen MR) is 108 cm³/mol. The summed E-state index contributed by atoms with van der Waals surface area (Å²) < 4.78 is 75.4. The normalized spacial score (nSPS) is 12.3. The number of rotatable bonds is 4. The molecular formula is C22H16F3NO4S. The maximum Gasteiger partial charge on any atom is 0.416 e. The Hall–Kier alpha value is -3.33. The zero-order valence-electron chi connectivity index (χ0n) is 16.4. The lowest BCUT2D eigenvalue weighted by molar-refractivity contribution is -0.137. The second kappa shape index (κ2) is 7.42. The molecule has 0 fully saturated rings.